The average Bonchev–Trinajstić information content (AvgIpc) is 2.76. The van der Waals surface area contributed by atoms with Crippen LogP contribution in [0.5, 0.6) is 0 Å². The Hall–Kier alpha value is -2.85. The third-order valence-electron chi connectivity index (χ3n) is 7.65. The lowest BCUT2D eigenvalue weighted by Crippen LogP contribution is -2.71. The number of likely N-dealkylation sites (tertiary alicyclic amines) is 1. The van der Waals surface area contributed by atoms with Crippen LogP contribution in [0, 0.1) is 11.8 Å². The summed E-state index contributed by atoms with van der Waals surface area (Å²) in [7, 11) is -1.05. The number of ketones is 1. The number of carboxylic acid groups (broad SMARTS) is 1. The van der Waals surface area contributed by atoms with Crippen LogP contribution in [0.1, 0.15) is 60.4 Å². The van der Waals surface area contributed by atoms with Crippen LogP contribution >= 0.6 is 0 Å². The smallest absolute Gasteiger partial charge is 0.395 e. The molecule has 1 aliphatic carbocycles. The van der Waals surface area contributed by atoms with Gasteiger partial charge in [-0.1, -0.05) is 26.8 Å². The Bertz CT molecular complexity index is 1090. The van der Waals surface area contributed by atoms with Gasteiger partial charge in [-0.2, -0.15) is 0 Å². The van der Waals surface area contributed by atoms with E-state index < -0.39 is 56.1 Å². The van der Waals surface area contributed by atoms with Gasteiger partial charge in [0.2, 0.25) is 5.91 Å². The van der Waals surface area contributed by atoms with E-state index >= 15 is 0 Å². The molecule has 1 saturated heterocycles. The van der Waals surface area contributed by atoms with Gasteiger partial charge in [-0.3, -0.25) is 19.3 Å². The number of rotatable bonds is 5. The molecule has 2 aliphatic rings. The van der Waals surface area contributed by atoms with Crippen molar-refractivity contribution >= 4 is 37.9 Å². The number of β-lactam (4-membered cyclic amide) rings is 1. The molecule has 3 rings (SSSR count). The molecule has 10 heteroatoms. The van der Waals surface area contributed by atoms with E-state index in [-0.39, 0.29) is 16.4 Å². The Morgan fingerprint density at radius 2 is 1.80 bits per heavy atom. The third kappa shape index (κ3) is 4.69. The fourth-order valence-corrected chi connectivity index (χ4v) is 6.16. The summed E-state index contributed by atoms with van der Waals surface area (Å²) in [6.07, 6.45) is 0.215. The molecule has 4 atom stereocenters. The number of nitrogens with zero attached hydrogens (tertiary/aromatic N) is 1. The van der Waals surface area contributed by atoms with Crippen LogP contribution in [0.2, 0.25) is 18.1 Å². The molecule has 0 saturated carbocycles. The number of hydrogen-bond donors (Lipinski definition) is 1. The number of hydrogen-bond acceptors (Lipinski definition) is 7. The van der Waals surface area contributed by atoms with E-state index in [2.05, 4.69) is 20.8 Å². The number of fused-ring (bicyclic) bond motifs is 1. The van der Waals surface area contributed by atoms with Gasteiger partial charge in [0, 0.05) is 11.5 Å². The van der Waals surface area contributed by atoms with Crippen LogP contribution in [-0.2, 0) is 30.0 Å². The van der Waals surface area contributed by atoms with Crippen molar-refractivity contribution < 1.29 is 38.2 Å². The normalized spacial score (nSPS) is 23.3. The molecule has 190 valence electrons. The van der Waals surface area contributed by atoms with E-state index in [1.807, 2.05) is 13.1 Å². The first-order valence-corrected chi connectivity index (χ1v) is 14.6. The number of carbonyl (C=O) groups excluding carboxylic acids is 4. The predicted molar refractivity (Wildman–Crippen MR) is 128 cm³/mol. The molecule has 1 fully saturated rings. The minimum Gasteiger partial charge on any atom is -0.474 e. The van der Waals surface area contributed by atoms with E-state index in [0.717, 1.165) is 5.56 Å². The van der Waals surface area contributed by atoms with Gasteiger partial charge in [0.25, 0.3) is 0 Å². The van der Waals surface area contributed by atoms with E-state index in [9.17, 15) is 29.1 Å². The number of benzene rings is 1. The summed E-state index contributed by atoms with van der Waals surface area (Å²) in [5.74, 6) is -6.29. The zero-order valence-electron chi connectivity index (χ0n) is 21.2. The molecule has 35 heavy (non-hydrogen) atoms. The maximum Gasteiger partial charge on any atom is 0.395 e. The van der Waals surface area contributed by atoms with Crippen molar-refractivity contribution in [1.82, 2.24) is 4.90 Å². The summed E-state index contributed by atoms with van der Waals surface area (Å²) in [5, 5.41) is 9.18. The number of imide groups is 1. The van der Waals surface area contributed by atoms with Crippen LogP contribution in [0.4, 0.5) is 0 Å². The van der Waals surface area contributed by atoms with Gasteiger partial charge in [0.05, 0.1) is 30.7 Å². The molecule has 0 unspecified atom stereocenters. The average molecular weight is 504 g/mol. The van der Waals surface area contributed by atoms with Crippen molar-refractivity contribution in [3.63, 3.8) is 0 Å². The Morgan fingerprint density at radius 1 is 1.17 bits per heavy atom. The molecule has 0 bridgehead atoms. The molecule has 9 nitrogen and oxygen atoms in total. The lowest BCUT2D eigenvalue weighted by molar-refractivity contribution is -0.180. The molecule has 1 aromatic rings. The lowest BCUT2D eigenvalue weighted by Gasteiger charge is -2.52. The van der Waals surface area contributed by atoms with Gasteiger partial charge in [0.1, 0.15) is 0 Å². The van der Waals surface area contributed by atoms with Gasteiger partial charge in [-0.05, 0) is 55.6 Å². The molecule has 0 spiro atoms. The SMILES string of the molecule is COC(=O)c1ccc2c(c1)C(=O)[C@@H]([C@@H]1[C@@H]([C@@H](C)O[Si](C)(C)C(C)(C)C)C(=O)N1C(=O)C(=O)O)CC2. The maximum atomic E-state index is 13.6. The van der Waals surface area contributed by atoms with E-state index in [1.54, 1.807) is 19.1 Å². The van der Waals surface area contributed by atoms with Crippen molar-refractivity contribution in [1.29, 1.82) is 0 Å². The van der Waals surface area contributed by atoms with E-state index in [1.165, 1.54) is 13.2 Å². The molecule has 1 heterocycles. The highest BCUT2D eigenvalue weighted by atomic mass is 28.4. The number of methoxy groups -OCH3 is 1. The number of carbonyl (C=O) groups is 5. The van der Waals surface area contributed by atoms with Gasteiger partial charge < -0.3 is 14.3 Å². The van der Waals surface area contributed by atoms with Crippen LogP contribution in [0.15, 0.2) is 18.2 Å². The van der Waals surface area contributed by atoms with Crippen molar-refractivity contribution in [2.24, 2.45) is 11.8 Å². The zero-order chi connectivity index (χ0) is 26.5. The second-order valence-corrected chi connectivity index (χ2v) is 15.5. The molecule has 1 aliphatic heterocycles. The number of aryl methyl sites for hydroxylation is 1. The Balaban J connectivity index is 1.98. The topological polar surface area (TPSA) is 127 Å². The van der Waals surface area contributed by atoms with Gasteiger partial charge in [-0.15, -0.1) is 0 Å². The van der Waals surface area contributed by atoms with Gasteiger partial charge in [-0.25, -0.2) is 9.59 Å². The number of amides is 2. The first-order chi connectivity index (χ1) is 16.1. The molecule has 0 radical (unpaired) electrons. The fraction of sp³-hybridized carbons (Fsp3) is 0.560. The Labute approximate surface area is 205 Å². The molecule has 2 amide bonds. The summed E-state index contributed by atoms with van der Waals surface area (Å²) < 4.78 is 11.2. The lowest BCUT2D eigenvalue weighted by atomic mass is 9.68. The Kier molecular flexibility index (Phi) is 7.11. The summed E-state index contributed by atoms with van der Waals surface area (Å²) >= 11 is 0. The summed E-state index contributed by atoms with van der Waals surface area (Å²) in [4.78, 5) is 63.3. The first-order valence-electron chi connectivity index (χ1n) is 11.7. The standard InChI is InChI=1S/C25H33NO8Si/c1-13(34-35(6,7)25(2,3)4)18-19(26(21(18)28)22(29)23(30)31)16-11-10-14-8-9-15(24(32)33-5)12-17(14)20(16)27/h8-9,12-13,16,18-19H,10-11H2,1-7H3,(H,30,31)/t13-,16-,18-,19-/m1/s1. The fourth-order valence-electron chi connectivity index (χ4n) is 4.73. The van der Waals surface area contributed by atoms with Crippen LogP contribution < -0.4 is 0 Å². The molecule has 0 aromatic heterocycles. The van der Waals surface area contributed by atoms with Crippen molar-refractivity contribution in [3.05, 3.63) is 34.9 Å². The first kappa shape index (κ1) is 26.7. The molecule has 1 N–H and O–H groups in total. The molecule has 1 aromatic carbocycles. The van der Waals surface area contributed by atoms with E-state index in [4.69, 9.17) is 9.16 Å². The quantitative estimate of drug-likeness (QED) is 0.281. The monoisotopic (exact) mass is 503 g/mol. The van der Waals surface area contributed by atoms with Crippen molar-refractivity contribution in [3.8, 4) is 0 Å². The van der Waals surface area contributed by atoms with Crippen LogP contribution in [0.25, 0.3) is 0 Å². The number of aliphatic carboxylic acids is 1. The summed E-state index contributed by atoms with van der Waals surface area (Å²) in [5.41, 5.74) is 1.29. The largest absolute Gasteiger partial charge is 0.474 e. The van der Waals surface area contributed by atoms with Gasteiger partial charge in [0.15, 0.2) is 14.1 Å². The summed E-state index contributed by atoms with van der Waals surface area (Å²) in [6, 6.07) is 3.81. The molecular formula is C25H33NO8Si. The third-order valence-corrected chi connectivity index (χ3v) is 12.2. The van der Waals surface area contributed by atoms with Crippen LogP contribution in [-0.4, -0.2) is 67.1 Å². The molecular weight excluding hydrogens is 470 g/mol. The van der Waals surface area contributed by atoms with Crippen molar-refractivity contribution in [2.45, 2.75) is 70.8 Å². The highest BCUT2D eigenvalue weighted by Gasteiger charge is 2.60. The highest BCUT2D eigenvalue weighted by molar-refractivity contribution is 6.74. The zero-order valence-corrected chi connectivity index (χ0v) is 22.2. The second kappa shape index (κ2) is 9.31. The number of esters is 1. The number of carboxylic acids is 1. The predicted octanol–water partition coefficient (Wildman–Crippen LogP) is 3.07. The van der Waals surface area contributed by atoms with Gasteiger partial charge >= 0.3 is 17.8 Å². The summed E-state index contributed by atoms with van der Waals surface area (Å²) in [6.45, 7) is 12.0. The van der Waals surface area contributed by atoms with Crippen molar-refractivity contribution in [2.75, 3.05) is 7.11 Å². The second-order valence-electron chi connectivity index (χ2n) is 10.8. The van der Waals surface area contributed by atoms with E-state index in [0.29, 0.717) is 23.3 Å². The number of Topliss-reactive ketones (excluding diaryl/α,β-unsaturated/α-hetero) is 1. The Morgan fingerprint density at radius 3 is 2.34 bits per heavy atom. The maximum absolute atomic E-state index is 13.6. The minimum absolute atomic E-state index is 0.135. The number of ether oxygens (including phenoxy) is 1. The van der Waals surface area contributed by atoms with Crippen LogP contribution in [0.3, 0.4) is 0 Å². The minimum atomic E-state index is -2.30. The highest BCUT2D eigenvalue weighted by Crippen LogP contribution is 2.44.